The molecule has 26 heavy (non-hydrogen) atoms. The van der Waals surface area contributed by atoms with Gasteiger partial charge < -0.3 is 0 Å². The summed E-state index contributed by atoms with van der Waals surface area (Å²) in [6.45, 7) is 10.9. The zero-order chi connectivity index (χ0) is 19.1. The Balaban J connectivity index is 1.76. The van der Waals surface area contributed by atoms with Gasteiger partial charge in [-0.3, -0.25) is 19.3 Å². The number of rotatable bonds is 4. The number of carbonyl (C=O) groups is 2. The standard InChI is InChI=1S/C21H30N2O3/c1-15-11-18(24)22(19(15)25)17-12-20(2,3)23(21(4,5)13-17)26-14-16-9-7-6-8-10-16/h6-10,15,17H,11-14H2,1-5H3. The van der Waals surface area contributed by atoms with Crippen LogP contribution in [0.2, 0.25) is 0 Å². The number of carbonyl (C=O) groups excluding carboxylic acids is 2. The summed E-state index contributed by atoms with van der Waals surface area (Å²) in [5.41, 5.74) is 0.557. The summed E-state index contributed by atoms with van der Waals surface area (Å²) in [7, 11) is 0. The SMILES string of the molecule is CC1CC(=O)N(C2CC(C)(C)N(OCc3ccccc3)C(C)(C)C2)C1=O. The fraction of sp³-hybridized carbons (Fsp3) is 0.619. The average Bonchev–Trinajstić information content (AvgIpc) is 2.78. The lowest BCUT2D eigenvalue weighted by atomic mass is 9.78. The molecule has 5 nitrogen and oxygen atoms in total. The Bertz CT molecular complexity index is 666. The van der Waals surface area contributed by atoms with Crippen LogP contribution < -0.4 is 0 Å². The first-order chi connectivity index (χ1) is 12.1. The minimum absolute atomic E-state index is 0.0229. The van der Waals surface area contributed by atoms with Crippen LogP contribution in [0.25, 0.3) is 0 Å². The van der Waals surface area contributed by atoms with E-state index in [1.807, 2.05) is 25.1 Å². The lowest BCUT2D eigenvalue weighted by Gasteiger charge is -2.54. The smallest absolute Gasteiger partial charge is 0.232 e. The quantitative estimate of drug-likeness (QED) is 0.773. The summed E-state index contributed by atoms with van der Waals surface area (Å²) < 4.78 is 0. The Labute approximate surface area is 156 Å². The number of hydrogen-bond donors (Lipinski definition) is 0. The van der Waals surface area contributed by atoms with Gasteiger partial charge in [-0.15, -0.1) is 0 Å². The van der Waals surface area contributed by atoms with Crippen LogP contribution in [0.4, 0.5) is 0 Å². The van der Waals surface area contributed by atoms with Crippen molar-refractivity contribution in [2.45, 2.75) is 77.6 Å². The molecule has 0 aliphatic carbocycles. The largest absolute Gasteiger partial charge is 0.293 e. The Morgan fingerprint density at radius 2 is 1.62 bits per heavy atom. The van der Waals surface area contributed by atoms with E-state index in [0.717, 1.165) is 18.4 Å². The highest BCUT2D eigenvalue weighted by molar-refractivity contribution is 6.03. The van der Waals surface area contributed by atoms with Crippen LogP contribution in [0, 0.1) is 5.92 Å². The first-order valence-electron chi connectivity index (χ1n) is 9.45. The number of hydrogen-bond acceptors (Lipinski definition) is 4. The number of benzene rings is 1. The molecule has 2 saturated heterocycles. The van der Waals surface area contributed by atoms with E-state index in [1.54, 1.807) is 0 Å². The van der Waals surface area contributed by atoms with Crippen molar-refractivity contribution in [1.82, 2.24) is 9.96 Å². The van der Waals surface area contributed by atoms with Crippen molar-refractivity contribution in [3.8, 4) is 0 Å². The molecule has 0 N–H and O–H groups in total. The molecule has 0 radical (unpaired) electrons. The third kappa shape index (κ3) is 3.55. The van der Waals surface area contributed by atoms with Crippen molar-refractivity contribution in [3.05, 3.63) is 35.9 Å². The molecule has 2 fully saturated rings. The average molecular weight is 358 g/mol. The summed E-state index contributed by atoms with van der Waals surface area (Å²) in [6.07, 6.45) is 1.77. The van der Waals surface area contributed by atoms with Crippen molar-refractivity contribution in [1.29, 1.82) is 0 Å². The van der Waals surface area contributed by atoms with Crippen LogP contribution in [0.15, 0.2) is 30.3 Å². The molecule has 2 amide bonds. The maximum atomic E-state index is 12.5. The van der Waals surface area contributed by atoms with Gasteiger partial charge in [-0.05, 0) is 46.1 Å². The van der Waals surface area contributed by atoms with Gasteiger partial charge in [-0.2, -0.15) is 5.06 Å². The molecule has 2 aliphatic heterocycles. The van der Waals surface area contributed by atoms with Gasteiger partial charge in [0.05, 0.1) is 6.61 Å². The highest BCUT2D eigenvalue weighted by atomic mass is 16.7. The van der Waals surface area contributed by atoms with Gasteiger partial charge in [-0.1, -0.05) is 37.3 Å². The van der Waals surface area contributed by atoms with E-state index >= 15 is 0 Å². The minimum Gasteiger partial charge on any atom is -0.293 e. The van der Waals surface area contributed by atoms with E-state index in [0.29, 0.717) is 13.0 Å². The predicted molar refractivity (Wildman–Crippen MR) is 99.9 cm³/mol. The topological polar surface area (TPSA) is 49.9 Å². The second-order valence-corrected chi connectivity index (χ2v) is 8.95. The van der Waals surface area contributed by atoms with Crippen molar-refractivity contribution in [3.63, 3.8) is 0 Å². The van der Waals surface area contributed by atoms with Crippen molar-refractivity contribution in [2.75, 3.05) is 0 Å². The first-order valence-corrected chi connectivity index (χ1v) is 9.45. The molecule has 3 rings (SSSR count). The number of likely N-dealkylation sites (tertiary alicyclic amines) is 1. The number of piperidine rings is 1. The van der Waals surface area contributed by atoms with Gasteiger partial charge >= 0.3 is 0 Å². The van der Waals surface area contributed by atoms with Gasteiger partial charge in [0, 0.05) is 29.5 Å². The Morgan fingerprint density at radius 1 is 1.04 bits per heavy atom. The van der Waals surface area contributed by atoms with Gasteiger partial charge in [0.25, 0.3) is 0 Å². The van der Waals surface area contributed by atoms with Crippen LogP contribution in [-0.2, 0) is 21.0 Å². The van der Waals surface area contributed by atoms with Gasteiger partial charge in [0.1, 0.15) is 0 Å². The van der Waals surface area contributed by atoms with Crippen LogP contribution in [0.3, 0.4) is 0 Å². The number of imide groups is 1. The first kappa shape index (κ1) is 19.1. The maximum absolute atomic E-state index is 12.5. The Morgan fingerprint density at radius 3 is 2.12 bits per heavy atom. The second-order valence-electron chi connectivity index (χ2n) is 8.95. The van der Waals surface area contributed by atoms with E-state index in [1.165, 1.54) is 4.90 Å². The molecule has 1 aromatic rings. The van der Waals surface area contributed by atoms with Crippen LogP contribution >= 0.6 is 0 Å². The van der Waals surface area contributed by atoms with Crippen molar-refractivity contribution >= 4 is 11.8 Å². The zero-order valence-electron chi connectivity index (χ0n) is 16.5. The highest BCUT2D eigenvalue weighted by Crippen LogP contribution is 2.42. The van der Waals surface area contributed by atoms with Crippen molar-refractivity contribution < 1.29 is 14.4 Å². The zero-order valence-corrected chi connectivity index (χ0v) is 16.5. The molecule has 0 spiro atoms. The molecule has 2 heterocycles. The maximum Gasteiger partial charge on any atom is 0.232 e. The van der Waals surface area contributed by atoms with E-state index in [-0.39, 0.29) is 34.9 Å². The minimum atomic E-state index is -0.284. The molecule has 1 atom stereocenters. The predicted octanol–water partition coefficient (Wildman–Crippen LogP) is 3.53. The van der Waals surface area contributed by atoms with Gasteiger partial charge in [0.15, 0.2) is 0 Å². The van der Waals surface area contributed by atoms with E-state index < -0.39 is 0 Å². The Kier molecular flexibility index (Phi) is 4.97. The lowest BCUT2D eigenvalue weighted by molar-refractivity contribution is -0.293. The fourth-order valence-electron chi connectivity index (χ4n) is 4.65. The summed E-state index contributed by atoms with van der Waals surface area (Å²) in [5.74, 6) is -0.246. The lowest BCUT2D eigenvalue weighted by Crippen LogP contribution is -2.64. The summed E-state index contributed by atoms with van der Waals surface area (Å²) >= 11 is 0. The highest BCUT2D eigenvalue weighted by Gasteiger charge is 2.51. The van der Waals surface area contributed by atoms with E-state index in [2.05, 4.69) is 44.9 Å². The third-order valence-electron chi connectivity index (χ3n) is 5.55. The van der Waals surface area contributed by atoms with Crippen LogP contribution in [-0.4, -0.2) is 38.9 Å². The third-order valence-corrected chi connectivity index (χ3v) is 5.55. The number of nitrogens with zero attached hydrogens (tertiary/aromatic N) is 2. The monoisotopic (exact) mass is 358 g/mol. The number of hydroxylamine groups is 2. The van der Waals surface area contributed by atoms with Crippen LogP contribution in [0.5, 0.6) is 0 Å². The molecule has 0 bridgehead atoms. The summed E-state index contributed by atoms with van der Waals surface area (Å²) in [6, 6.07) is 10.0. The van der Waals surface area contributed by atoms with E-state index in [9.17, 15) is 9.59 Å². The van der Waals surface area contributed by atoms with E-state index in [4.69, 9.17) is 4.84 Å². The normalized spacial score (nSPS) is 26.5. The molecular formula is C21H30N2O3. The summed E-state index contributed by atoms with van der Waals surface area (Å²) in [4.78, 5) is 32.6. The van der Waals surface area contributed by atoms with Crippen LogP contribution in [0.1, 0.15) is 59.4 Å². The molecule has 1 aromatic carbocycles. The second kappa shape index (κ2) is 6.78. The molecule has 0 saturated carbocycles. The number of amides is 2. The molecule has 142 valence electrons. The molecule has 2 aliphatic rings. The Hall–Kier alpha value is -1.72. The van der Waals surface area contributed by atoms with Gasteiger partial charge in [-0.25, -0.2) is 0 Å². The van der Waals surface area contributed by atoms with Gasteiger partial charge in [0.2, 0.25) is 11.8 Å². The summed E-state index contributed by atoms with van der Waals surface area (Å²) in [5, 5.41) is 2.07. The molecule has 5 heteroatoms. The molecular weight excluding hydrogens is 328 g/mol. The van der Waals surface area contributed by atoms with Crippen molar-refractivity contribution in [2.24, 2.45) is 5.92 Å². The molecule has 1 unspecified atom stereocenters. The molecule has 0 aromatic heterocycles. The fourth-order valence-corrected chi connectivity index (χ4v) is 4.65.